The van der Waals surface area contributed by atoms with E-state index in [0.717, 1.165) is 25.5 Å². The first-order valence-electron chi connectivity index (χ1n) is 6.19. The van der Waals surface area contributed by atoms with Crippen LogP contribution in [-0.4, -0.2) is 24.6 Å². The van der Waals surface area contributed by atoms with E-state index in [1.54, 1.807) is 24.3 Å². The van der Waals surface area contributed by atoms with Crippen molar-refractivity contribution in [3.05, 3.63) is 35.4 Å². The Morgan fingerprint density at radius 1 is 1.53 bits per heavy atom. The summed E-state index contributed by atoms with van der Waals surface area (Å²) in [7, 11) is 1.48. The average Bonchev–Trinajstić information content (AvgIpc) is 2.35. The van der Waals surface area contributed by atoms with E-state index in [2.05, 4.69) is 0 Å². The van der Waals surface area contributed by atoms with E-state index in [-0.39, 0.29) is 18.3 Å². The van der Waals surface area contributed by atoms with E-state index in [1.807, 2.05) is 0 Å². The second-order valence-electron chi connectivity index (χ2n) is 4.88. The summed E-state index contributed by atoms with van der Waals surface area (Å²) in [6, 6.07) is 6.88. The maximum absolute atomic E-state index is 10.8. The molecule has 0 aromatic heterocycles. The van der Waals surface area contributed by atoms with Crippen LogP contribution in [0, 0.1) is 5.92 Å². The van der Waals surface area contributed by atoms with E-state index >= 15 is 0 Å². The summed E-state index contributed by atoms with van der Waals surface area (Å²) >= 11 is 0. The summed E-state index contributed by atoms with van der Waals surface area (Å²) in [6.45, 7) is 0. The molecule has 106 valence electrons. The number of hydrogen-bond acceptors (Lipinski definition) is 4. The third-order valence-electron chi connectivity index (χ3n) is 3.85. The zero-order valence-electron chi connectivity index (χ0n) is 10.9. The Morgan fingerprint density at radius 2 is 2.21 bits per heavy atom. The van der Waals surface area contributed by atoms with Crippen LogP contribution in [-0.2, 0) is 10.5 Å². The molecule has 0 amide bonds. The minimum atomic E-state index is -1.25. The monoisotopic (exact) mass is 285 g/mol. The highest BCUT2D eigenvalue weighted by atomic mass is 35.5. The highest BCUT2D eigenvalue weighted by Crippen LogP contribution is 2.37. The van der Waals surface area contributed by atoms with E-state index in [9.17, 15) is 9.90 Å². The molecule has 0 saturated heterocycles. The van der Waals surface area contributed by atoms with Crippen molar-refractivity contribution in [3.8, 4) is 0 Å². The average molecular weight is 286 g/mol. The highest BCUT2D eigenvalue weighted by molar-refractivity contribution is 5.85. The van der Waals surface area contributed by atoms with E-state index < -0.39 is 11.8 Å². The number of aldehydes is 1. The Bertz CT molecular complexity index is 436. The summed E-state index contributed by atoms with van der Waals surface area (Å²) in [4.78, 5) is 10.8. The topological polar surface area (TPSA) is 72.5 Å². The molecular weight excluding hydrogens is 266 g/mol. The van der Waals surface area contributed by atoms with Gasteiger partial charge in [-0.1, -0.05) is 24.6 Å². The van der Waals surface area contributed by atoms with Gasteiger partial charge in [-0.15, -0.1) is 12.4 Å². The normalized spacial score (nSPS) is 19.7. The van der Waals surface area contributed by atoms with Crippen LogP contribution in [0.1, 0.15) is 35.2 Å². The zero-order chi connectivity index (χ0) is 13.2. The molecular formula is C14H20ClNO3. The summed E-state index contributed by atoms with van der Waals surface area (Å²) in [5.41, 5.74) is 6.12. The third-order valence-corrected chi connectivity index (χ3v) is 3.85. The second-order valence-corrected chi connectivity index (χ2v) is 4.88. The molecule has 0 bridgehead atoms. The van der Waals surface area contributed by atoms with E-state index in [4.69, 9.17) is 10.5 Å². The van der Waals surface area contributed by atoms with Crippen LogP contribution in [0.15, 0.2) is 24.3 Å². The molecule has 5 heteroatoms. The first-order chi connectivity index (χ1) is 8.61. The number of carbonyl (C=O) groups excluding carboxylic acids is 1. The Kier molecular flexibility index (Phi) is 5.50. The number of rotatable bonds is 5. The molecule has 1 aliphatic rings. The van der Waals surface area contributed by atoms with Crippen LogP contribution in [0.25, 0.3) is 0 Å². The van der Waals surface area contributed by atoms with Gasteiger partial charge in [0.15, 0.2) is 5.72 Å². The van der Waals surface area contributed by atoms with Gasteiger partial charge in [0.2, 0.25) is 0 Å². The number of hydrogen-bond donors (Lipinski definition) is 2. The molecule has 1 aromatic carbocycles. The van der Waals surface area contributed by atoms with Crippen molar-refractivity contribution < 1.29 is 14.6 Å². The SMILES string of the molecule is CO[C@@](N)(c1cccc(C=O)c1)[C@@H](O)C1CCC1.Cl. The Morgan fingerprint density at radius 3 is 2.68 bits per heavy atom. The smallest absolute Gasteiger partial charge is 0.168 e. The Balaban J connectivity index is 0.00000180. The van der Waals surface area contributed by atoms with E-state index in [0.29, 0.717) is 11.1 Å². The lowest BCUT2D eigenvalue weighted by Crippen LogP contribution is -2.54. The van der Waals surface area contributed by atoms with Gasteiger partial charge in [0.25, 0.3) is 0 Å². The largest absolute Gasteiger partial charge is 0.388 e. The lowest BCUT2D eigenvalue weighted by atomic mass is 9.76. The predicted octanol–water partition coefficient (Wildman–Crippen LogP) is 1.84. The fourth-order valence-corrected chi connectivity index (χ4v) is 2.37. The first-order valence-corrected chi connectivity index (χ1v) is 6.19. The molecule has 3 N–H and O–H groups in total. The second kappa shape index (κ2) is 6.48. The van der Waals surface area contributed by atoms with Crippen molar-refractivity contribution in [2.45, 2.75) is 31.1 Å². The Labute approximate surface area is 119 Å². The minimum Gasteiger partial charge on any atom is -0.388 e. The molecule has 1 fully saturated rings. The lowest BCUT2D eigenvalue weighted by Gasteiger charge is -2.41. The molecule has 1 saturated carbocycles. The maximum Gasteiger partial charge on any atom is 0.168 e. The van der Waals surface area contributed by atoms with Gasteiger partial charge in [-0.05, 0) is 24.8 Å². The number of carbonyl (C=O) groups is 1. The number of nitrogens with two attached hydrogens (primary N) is 1. The number of aliphatic hydroxyl groups is 1. The molecule has 1 aliphatic carbocycles. The van der Waals surface area contributed by atoms with Crippen molar-refractivity contribution in [2.75, 3.05) is 7.11 Å². The number of halogens is 1. The van der Waals surface area contributed by atoms with E-state index in [1.165, 1.54) is 7.11 Å². The lowest BCUT2D eigenvalue weighted by molar-refractivity contribution is -0.139. The van der Waals surface area contributed by atoms with Crippen LogP contribution in [0.4, 0.5) is 0 Å². The minimum absolute atomic E-state index is 0. The molecule has 0 heterocycles. The third kappa shape index (κ3) is 2.98. The number of ether oxygens (including phenoxy) is 1. The van der Waals surface area contributed by atoms with Crippen molar-refractivity contribution in [1.82, 2.24) is 0 Å². The number of benzene rings is 1. The van der Waals surface area contributed by atoms with Crippen molar-refractivity contribution in [1.29, 1.82) is 0 Å². The van der Waals surface area contributed by atoms with Gasteiger partial charge in [-0.2, -0.15) is 0 Å². The summed E-state index contributed by atoms with van der Waals surface area (Å²) in [5.74, 6) is 0.176. The van der Waals surface area contributed by atoms with Crippen molar-refractivity contribution >= 4 is 18.7 Å². The van der Waals surface area contributed by atoms with Crippen LogP contribution in [0.2, 0.25) is 0 Å². The van der Waals surface area contributed by atoms with Crippen LogP contribution in [0.5, 0.6) is 0 Å². The fourth-order valence-electron chi connectivity index (χ4n) is 2.37. The van der Waals surface area contributed by atoms with Crippen LogP contribution < -0.4 is 5.73 Å². The van der Waals surface area contributed by atoms with Gasteiger partial charge >= 0.3 is 0 Å². The van der Waals surface area contributed by atoms with Crippen LogP contribution >= 0.6 is 12.4 Å². The molecule has 0 aliphatic heterocycles. The molecule has 0 radical (unpaired) electrons. The maximum atomic E-state index is 10.8. The molecule has 2 atom stereocenters. The first kappa shape index (κ1) is 16.1. The van der Waals surface area contributed by atoms with Gasteiger partial charge in [0.05, 0.1) is 0 Å². The Hall–Kier alpha value is -0.940. The predicted molar refractivity (Wildman–Crippen MR) is 75.3 cm³/mol. The van der Waals surface area contributed by atoms with Gasteiger partial charge in [-0.3, -0.25) is 10.5 Å². The summed E-state index contributed by atoms with van der Waals surface area (Å²) < 4.78 is 5.35. The molecule has 0 unspecified atom stereocenters. The molecule has 19 heavy (non-hydrogen) atoms. The standard InChI is InChI=1S/C14H19NO3.ClH/c1-18-14(15,13(17)11-5-3-6-11)12-7-2-4-10(8-12)9-16;/h2,4,7-9,11,13,17H,3,5-6,15H2,1H3;1H/t13-,14-;/m0./s1. The number of methoxy groups -OCH3 is 1. The van der Waals surface area contributed by atoms with Crippen molar-refractivity contribution in [3.63, 3.8) is 0 Å². The van der Waals surface area contributed by atoms with Crippen LogP contribution in [0.3, 0.4) is 0 Å². The van der Waals surface area contributed by atoms with Gasteiger partial charge in [0, 0.05) is 18.2 Å². The number of aliphatic hydroxyl groups excluding tert-OH is 1. The summed E-state index contributed by atoms with van der Waals surface area (Å²) in [6.07, 6.45) is 3.07. The quantitative estimate of drug-likeness (QED) is 0.640. The highest BCUT2D eigenvalue weighted by Gasteiger charge is 2.42. The van der Waals surface area contributed by atoms with Gasteiger partial charge in [-0.25, -0.2) is 0 Å². The molecule has 4 nitrogen and oxygen atoms in total. The fraction of sp³-hybridized carbons (Fsp3) is 0.500. The molecule has 0 spiro atoms. The zero-order valence-corrected chi connectivity index (χ0v) is 11.7. The van der Waals surface area contributed by atoms with Gasteiger partial charge < -0.3 is 9.84 Å². The van der Waals surface area contributed by atoms with Crippen molar-refractivity contribution in [2.24, 2.45) is 11.7 Å². The molecule has 1 aromatic rings. The molecule has 2 rings (SSSR count). The summed E-state index contributed by atoms with van der Waals surface area (Å²) in [5, 5.41) is 10.4. The van der Waals surface area contributed by atoms with Gasteiger partial charge in [0.1, 0.15) is 12.4 Å².